The molecule has 0 spiro atoms. The molecule has 4 aromatic rings. The summed E-state index contributed by atoms with van der Waals surface area (Å²) in [5, 5.41) is 0.898. The van der Waals surface area contributed by atoms with Gasteiger partial charge in [0, 0.05) is 29.1 Å². The van der Waals surface area contributed by atoms with Gasteiger partial charge >= 0.3 is 0 Å². The molecule has 2 heterocycles. The maximum Gasteiger partial charge on any atom is 0.167 e. The summed E-state index contributed by atoms with van der Waals surface area (Å²) < 4.78 is 21.6. The van der Waals surface area contributed by atoms with Crippen molar-refractivity contribution < 1.29 is 9.13 Å². The van der Waals surface area contributed by atoms with Crippen LogP contribution in [0.3, 0.4) is 0 Å². The number of ether oxygens (including phenoxy) is 1. The Morgan fingerprint density at radius 3 is 2.64 bits per heavy atom. The fraction of sp³-hybridized carbons (Fsp3) is 0.150. The number of hydrogen-bond acceptors (Lipinski definition) is 3. The van der Waals surface area contributed by atoms with Gasteiger partial charge in [-0.25, -0.2) is 4.39 Å². The Morgan fingerprint density at radius 1 is 1.12 bits per heavy atom. The SMILES string of the molecule is COc1cc2c3ncccc3n(Cc3ccc(SC)cc3)c2cc1F. The van der Waals surface area contributed by atoms with Crippen molar-refractivity contribution in [2.45, 2.75) is 11.4 Å². The average Bonchev–Trinajstić information content (AvgIpc) is 2.95. The Morgan fingerprint density at radius 2 is 1.92 bits per heavy atom. The zero-order valence-electron chi connectivity index (χ0n) is 14.0. The largest absolute Gasteiger partial charge is 0.494 e. The number of nitrogens with zero attached hydrogens (tertiary/aromatic N) is 2. The van der Waals surface area contributed by atoms with E-state index < -0.39 is 0 Å². The van der Waals surface area contributed by atoms with E-state index in [0.717, 1.165) is 27.5 Å². The quantitative estimate of drug-likeness (QED) is 0.478. The van der Waals surface area contributed by atoms with Crippen molar-refractivity contribution in [3.8, 4) is 5.75 Å². The highest BCUT2D eigenvalue weighted by Gasteiger charge is 2.15. The van der Waals surface area contributed by atoms with E-state index in [-0.39, 0.29) is 11.6 Å². The lowest BCUT2D eigenvalue weighted by atomic mass is 10.2. The van der Waals surface area contributed by atoms with Crippen LogP contribution in [-0.2, 0) is 6.54 Å². The third kappa shape index (κ3) is 2.74. The first-order valence-corrected chi connectivity index (χ1v) is 9.17. The standard InChI is InChI=1S/C20H17FN2OS/c1-24-19-10-15-18(11-16(19)21)23(17-4-3-9-22-20(15)17)12-13-5-7-14(25-2)8-6-13/h3-11H,12H2,1-2H3. The number of rotatable bonds is 4. The summed E-state index contributed by atoms with van der Waals surface area (Å²) in [4.78, 5) is 5.73. The summed E-state index contributed by atoms with van der Waals surface area (Å²) in [6.07, 6.45) is 3.82. The highest BCUT2D eigenvalue weighted by Crippen LogP contribution is 2.33. The van der Waals surface area contributed by atoms with Gasteiger partial charge in [0.25, 0.3) is 0 Å². The van der Waals surface area contributed by atoms with Crippen LogP contribution in [0.1, 0.15) is 5.56 Å². The van der Waals surface area contributed by atoms with Crippen molar-refractivity contribution in [1.82, 2.24) is 9.55 Å². The minimum absolute atomic E-state index is 0.238. The van der Waals surface area contributed by atoms with Gasteiger partial charge in [0.1, 0.15) is 0 Å². The number of benzene rings is 2. The molecule has 0 amide bonds. The van der Waals surface area contributed by atoms with Crippen LogP contribution in [0.2, 0.25) is 0 Å². The molecule has 5 heteroatoms. The molecule has 0 atom stereocenters. The minimum atomic E-state index is -0.364. The molecule has 0 aliphatic rings. The first kappa shape index (κ1) is 16.0. The summed E-state index contributed by atoms with van der Waals surface area (Å²) in [7, 11) is 1.48. The summed E-state index contributed by atoms with van der Waals surface area (Å²) in [5.74, 6) is -0.127. The van der Waals surface area contributed by atoms with Gasteiger partial charge in [-0.05, 0) is 42.2 Å². The van der Waals surface area contributed by atoms with Gasteiger partial charge in [-0.3, -0.25) is 4.98 Å². The molecular weight excluding hydrogens is 335 g/mol. The third-order valence-corrected chi connectivity index (χ3v) is 5.14. The number of fused-ring (bicyclic) bond motifs is 3. The monoisotopic (exact) mass is 352 g/mol. The van der Waals surface area contributed by atoms with E-state index >= 15 is 0 Å². The second-order valence-electron chi connectivity index (χ2n) is 5.81. The summed E-state index contributed by atoms with van der Waals surface area (Å²) in [6, 6.07) is 15.6. The number of halogens is 1. The van der Waals surface area contributed by atoms with Gasteiger partial charge in [0.05, 0.1) is 23.7 Å². The van der Waals surface area contributed by atoms with Gasteiger partial charge in [-0.1, -0.05) is 12.1 Å². The van der Waals surface area contributed by atoms with E-state index in [4.69, 9.17) is 4.74 Å². The zero-order chi connectivity index (χ0) is 17.4. The van der Waals surface area contributed by atoms with E-state index in [1.807, 2.05) is 12.1 Å². The first-order valence-electron chi connectivity index (χ1n) is 7.94. The molecular formula is C20H17FN2OS. The van der Waals surface area contributed by atoms with Crippen LogP contribution in [0.25, 0.3) is 21.9 Å². The lowest BCUT2D eigenvalue weighted by Crippen LogP contribution is -2.00. The van der Waals surface area contributed by atoms with Crippen molar-refractivity contribution in [1.29, 1.82) is 0 Å². The van der Waals surface area contributed by atoms with Crippen LogP contribution >= 0.6 is 11.8 Å². The van der Waals surface area contributed by atoms with E-state index in [1.165, 1.54) is 18.1 Å². The van der Waals surface area contributed by atoms with Crippen molar-refractivity contribution in [2.24, 2.45) is 0 Å². The molecule has 4 rings (SSSR count). The lowest BCUT2D eigenvalue weighted by Gasteiger charge is -2.09. The summed E-state index contributed by atoms with van der Waals surface area (Å²) >= 11 is 1.72. The minimum Gasteiger partial charge on any atom is -0.494 e. The van der Waals surface area contributed by atoms with Crippen LogP contribution in [0.4, 0.5) is 4.39 Å². The molecule has 2 aromatic heterocycles. The normalized spacial score (nSPS) is 11.3. The molecule has 0 radical (unpaired) electrons. The second kappa shape index (κ2) is 6.41. The van der Waals surface area contributed by atoms with Crippen molar-refractivity contribution in [2.75, 3.05) is 13.4 Å². The third-order valence-electron chi connectivity index (χ3n) is 4.39. The van der Waals surface area contributed by atoms with Gasteiger partial charge in [0.2, 0.25) is 0 Å². The van der Waals surface area contributed by atoms with E-state index in [1.54, 1.807) is 24.0 Å². The Hall–Kier alpha value is -2.53. The van der Waals surface area contributed by atoms with Gasteiger partial charge in [-0.15, -0.1) is 11.8 Å². The van der Waals surface area contributed by atoms with Crippen LogP contribution in [0, 0.1) is 5.82 Å². The van der Waals surface area contributed by atoms with Gasteiger partial charge in [-0.2, -0.15) is 0 Å². The molecule has 0 unspecified atom stereocenters. The molecule has 0 saturated heterocycles. The summed E-state index contributed by atoms with van der Waals surface area (Å²) in [6.45, 7) is 0.659. The smallest absolute Gasteiger partial charge is 0.167 e. The van der Waals surface area contributed by atoms with Gasteiger partial charge < -0.3 is 9.30 Å². The maximum atomic E-state index is 14.3. The Kier molecular flexibility index (Phi) is 4.09. The number of aromatic nitrogens is 2. The Bertz CT molecular complexity index is 1060. The van der Waals surface area contributed by atoms with E-state index in [9.17, 15) is 4.39 Å². The lowest BCUT2D eigenvalue weighted by molar-refractivity contribution is 0.387. The Balaban J connectivity index is 1.92. The molecule has 0 aliphatic heterocycles. The molecule has 0 N–H and O–H groups in total. The molecule has 0 fully saturated rings. The molecule has 2 aromatic carbocycles. The molecule has 126 valence electrons. The van der Waals surface area contributed by atoms with Crippen LogP contribution in [0.15, 0.2) is 59.6 Å². The van der Waals surface area contributed by atoms with Crippen LogP contribution < -0.4 is 4.74 Å². The topological polar surface area (TPSA) is 27.1 Å². The predicted octanol–water partition coefficient (Wildman–Crippen LogP) is 5.11. The second-order valence-corrected chi connectivity index (χ2v) is 6.69. The highest BCUT2D eigenvalue weighted by atomic mass is 32.2. The predicted molar refractivity (Wildman–Crippen MR) is 101 cm³/mol. The zero-order valence-corrected chi connectivity index (χ0v) is 14.8. The fourth-order valence-corrected chi connectivity index (χ4v) is 3.56. The maximum absolute atomic E-state index is 14.3. The average molecular weight is 352 g/mol. The molecule has 25 heavy (non-hydrogen) atoms. The Labute approximate surface area is 149 Å². The van der Waals surface area contributed by atoms with Crippen LogP contribution in [0.5, 0.6) is 5.75 Å². The number of thioether (sulfide) groups is 1. The fourth-order valence-electron chi connectivity index (χ4n) is 3.15. The number of methoxy groups -OCH3 is 1. The molecule has 0 bridgehead atoms. The number of hydrogen-bond donors (Lipinski definition) is 0. The molecule has 3 nitrogen and oxygen atoms in total. The van der Waals surface area contributed by atoms with Gasteiger partial charge in [0.15, 0.2) is 11.6 Å². The van der Waals surface area contributed by atoms with Crippen molar-refractivity contribution >= 4 is 33.7 Å². The first-order chi connectivity index (χ1) is 12.2. The van der Waals surface area contributed by atoms with E-state index in [0.29, 0.717) is 6.54 Å². The highest BCUT2D eigenvalue weighted by molar-refractivity contribution is 7.98. The van der Waals surface area contributed by atoms with Crippen LogP contribution in [-0.4, -0.2) is 22.9 Å². The van der Waals surface area contributed by atoms with Crippen molar-refractivity contribution in [3.05, 3.63) is 66.1 Å². The number of pyridine rings is 1. The molecule has 0 aliphatic carbocycles. The molecule has 0 saturated carbocycles. The van der Waals surface area contributed by atoms with Crippen molar-refractivity contribution in [3.63, 3.8) is 0 Å². The van der Waals surface area contributed by atoms with E-state index in [2.05, 4.69) is 40.1 Å². The summed E-state index contributed by atoms with van der Waals surface area (Å²) in [5.41, 5.74) is 3.83.